The fourth-order valence-corrected chi connectivity index (χ4v) is 2.95. The lowest BCUT2D eigenvalue weighted by Gasteiger charge is -2.28. The highest BCUT2D eigenvalue weighted by molar-refractivity contribution is 6.18. The molecule has 1 aromatic rings. The first-order valence-electron chi connectivity index (χ1n) is 6.72. The first-order valence-corrected chi connectivity index (χ1v) is 7.25. The number of nitro groups is 1. The third-order valence-electron chi connectivity index (χ3n) is 3.77. The topological polar surface area (TPSA) is 68.4 Å². The van der Waals surface area contributed by atoms with Crippen molar-refractivity contribution in [1.29, 1.82) is 0 Å². The van der Waals surface area contributed by atoms with Crippen LogP contribution >= 0.6 is 11.6 Å². The first-order chi connectivity index (χ1) is 9.54. The van der Waals surface area contributed by atoms with Crippen molar-refractivity contribution in [1.82, 2.24) is 9.47 Å². The van der Waals surface area contributed by atoms with E-state index < -0.39 is 4.92 Å². The molecule has 1 fully saturated rings. The molecule has 1 aliphatic rings. The van der Waals surface area contributed by atoms with Crippen molar-refractivity contribution in [2.24, 2.45) is 7.05 Å². The predicted octanol–water partition coefficient (Wildman–Crippen LogP) is 2.56. The molecule has 20 heavy (non-hydrogen) atoms. The van der Waals surface area contributed by atoms with E-state index in [-0.39, 0.29) is 17.6 Å². The van der Waals surface area contributed by atoms with Gasteiger partial charge in [-0.25, -0.2) is 0 Å². The van der Waals surface area contributed by atoms with Gasteiger partial charge in [-0.1, -0.05) is 12.8 Å². The summed E-state index contributed by atoms with van der Waals surface area (Å²) in [5, 5.41) is 10.8. The van der Waals surface area contributed by atoms with Crippen LogP contribution < -0.4 is 0 Å². The number of rotatable bonds is 5. The van der Waals surface area contributed by atoms with Crippen molar-refractivity contribution in [3.8, 4) is 0 Å². The molecule has 1 aliphatic carbocycles. The number of carbonyl (C=O) groups is 1. The Bertz CT molecular complexity index is 509. The molecule has 1 aromatic heterocycles. The van der Waals surface area contributed by atoms with E-state index in [9.17, 15) is 14.9 Å². The van der Waals surface area contributed by atoms with Gasteiger partial charge in [-0.2, -0.15) is 0 Å². The van der Waals surface area contributed by atoms with Crippen LogP contribution in [0.15, 0.2) is 12.3 Å². The van der Waals surface area contributed by atoms with E-state index in [2.05, 4.69) is 0 Å². The maximum atomic E-state index is 12.6. The molecule has 0 bridgehead atoms. The number of alkyl halides is 1. The fourth-order valence-electron chi connectivity index (χ4n) is 2.76. The number of carbonyl (C=O) groups excluding carboxylic acids is 1. The quantitative estimate of drug-likeness (QED) is 0.477. The number of aromatic nitrogens is 1. The van der Waals surface area contributed by atoms with Crippen LogP contribution in [0.5, 0.6) is 0 Å². The van der Waals surface area contributed by atoms with Gasteiger partial charge in [0.2, 0.25) is 0 Å². The molecule has 0 aromatic carbocycles. The Morgan fingerprint density at radius 1 is 1.55 bits per heavy atom. The highest BCUT2D eigenvalue weighted by atomic mass is 35.5. The van der Waals surface area contributed by atoms with Crippen LogP contribution in [0.3, 0.4) is 0 Å². The highest BCUT2D eigenvalue weighted by Crippen LogP contribution is 2.26. The van der Waals surface area contributed by atoms with E-state index in [0.29, 0.717) is 18.1 Å². The van der Waals surface area contributed by atoms with Crippen LogP contribution in [0.25, 0.3) is 0 Å². The maximum absolute atomic E-state index is 12.6. The molecule has 0 N–H and O–H groups in total. The van der Waals surface area contributed by atoms with E-state index in [1.54, 1.807) is 11.9 Å². The Kier molecular flexibility index (Phi) is 4.65. The molecule has 0 radical (unpaired) electrons. The van der Waals surface area contributed by atoms with Crippen LogP contribution in [0.2, 0.25) is 0 Å². The second kappa shape index (κ2) is 6.26. The van der Waals surface area contributed by atoms with Gasteiger partial charge in [-0.15, -0.1) is 11.6 Å². The number of amides is 1. The molecule has 0 aliphatic heterocycles. The molecular formula is C13H18ClN3O3. The zero-order valence-corrected chi connectivity index (χ0v) is 12.2. The van der Waals surface area contributed by atoms with Gasteiger partial charge >= 0.3 is 0 Å². The molecule has 1 saturated carbocycles. The van der Waals surface area contributed by atoms with Crippen LogP contribution in [0, 0.1) is 10.1 Å². The third-order valence-corrected chi connectivity index (χ3v) is 3.94. The van der Waals surface area contributed by atoms with E-state index in [1.807, 2.05) is 0 Å². The SMILES string of the molecule is Cn1cc([N+](=O)[O-])cc1C(=O)N(CCCl)C1CCCC1. The molecule has 7 heteroatoms. The number of halogens is 1. The molecule has 1 heterocycles. The third kappa shape index (κ3) is 2.95. The van der Waals surface area contributed by atoms with Crippen LogP contribution in [0.4, 0.5) is 5.69 Å². The van der Waals surface area contributed by atoms with Crippen molar-refractivity contribution >= 4 is 23.2 Å². The molecule has 6 nitrogen and oxygen atoms in total. The molecule has 1 amide bonds. The summed E-state index contributed by atoms with van der Waals surface area (Å²) in [5.41, 5.74) is 0.279. The summed E-state index contributed by atoms with van der Waals surface area (Å²) >= 11 is 5.79. The largest absolute Gasteiger partial charge is 0.340 e. The molecule has 0 saturated heterocycles. The summed E-state index contributed by atoms with van der Waals surface area (Å²) in [6.07, 6.45) is 5.55. The van der Waals surface area contributed by atoms with E-state index in [1.165, 1.54) is 16.8 Å². The summed E-state index contributed by atoms with van der Waals surface area (Å²) in [6.45, 7) is 0.476. The van der Waals surface area contributed by atoms with Crippen LogP contribution in [-0.2, 0) is 7.05 Å². The lowest BCUT2D eigenvalue weighted by Crippen LogP contribution is -2.40. The van der Waals surface area contributed by atoms with Gasteiger partial charge in [-0.05, 0) is 12.8 Å². The summed E-state index contributed by atoms with van der Waals surface area (Å²) in [7, 11) is 1.65. The van der Waals surface area contributed by atoms with Crippen molar-refractivity contribution in [2.45, 2.75) is 31.7 Å². The Morgan fingerprint density at radius 3 is 2.70 bits per heavy atom. The van der Waals surface area contributed by atoms with Gasteiger partial charge in [0, 0.05) is 31.6 Å². The summed E-state index contributed by atoms with van der Waals surface area (Å²) in [4.78, 5) is 24.7. The van der Waals surface area contributed by atoms with Crippen molar-refractivity contribution < 1.29 is 9.72 Å². The molecular weight excluding hydrogens is 282 g/mol. The minimum Gasteiger partial charge on any atom is -0.340 e. The van der Waals surface area contributed by atoms with Crippen LogP contribution in [0.1, 0.15) is 36.2 Å². The Balaban J connectivity index is 2.24. The van der Waals surface area contributed by atoms with Gasteiger partial charge in [0.05, 0.1) is 11.1 Å². The summed E-state index contributed by atoms with van der Waals surface area (Å²) < 4.78 is 1.51. The number of hydrogen-bond acceptors (Lipinski definition) is 3. The van der Waals surface area contributed by atoms with Crippen molar-refractivity contribution in [2.75, 3.05) is 12.4 Å². The lowest BCUT2D eigenvalue weighted by molar-refractivity contribution is -0.384. The van der Waals surface area contributed by atoms with E-state index >= 15 is 0 Å². The average molecular weight is 300 g/mol. The maximum Gasteiger partial charge on any atom is 0.287 e. The second-order valence-electron chi connectivity index (χ2n) is 5.08. The standard InChI is InChI=1S/C13H18ClN3O3/c1-15-9-11(17(19)20)8-12(15)13(18)16(7-6-14)10-4-2-3-5-10/h8-10H,2-7H2,1H3. The zero-order chi connectivity index (χ0) is 14.7. The predicted molar refractivity (Wildman–Crippen MR) is 76.1 cm³/mol. The first kappa shape index (κ1) is 14.8. The number of aryl methyl sites for hydroxylation is 1. The minimum absolute atomic E-state index is 0.0619. The zero-order valence-electron chi connectivity index (χ0n) is 11.4. The molecule has 2 rings (SSSR count). The van der Waals surface area contributed by atoms with Gasteiger partial charge in [0.25, 0.3) is 11.6 Å². The molecule has 0 spiro atoms. The Hall–Kier alpha value is -1.56. The van der Waals surface area contributed by atoms with E-state index in [0.717, 1.165) is 25.7 Å². The van der Waals surface area contributed by atoms with Gasteiger partial charge in [-0.3, -0.25) is 14.9 Å². The number of hydrogen-bond donors (Lipinski definition) is 0. The highest BCUT2D eigenvalue weighted by Gasteiger charge is 2.29. The molecule has 0 atom stereocenters. The molecule has 110 valence electrons. The number of nitrogens with zero attached hydrogens (tertiary/aromatic N) is 3. The molecule has 0 unspecified atom stereocenters. The second-order valence-corrected chi connectivity index (χ2v) is 5.46. The monoisotopic (exact) mass is 299 g/mol. The normalized spacial score (nSPS) is 15.5. The average Bonchev–Trinajstić information content (AvgIpc) is 3.04. The lowest BCUT2D eigenvalue weighted by atomic mass is 10.2. The summed E-state index contributed by atoms with van der Waals surface area (Å²) in [5.74, 6) is 0.197. The van der Waals surface area contributed by atoms with Gasteiger partial charge in [0.1, 0.15) is 5.69 Å². The Labute approximate surface area is 122 Å². The van der Waals surface area contributed by atoms with Gasteiger partial charge < -0.3 is 9.47 Å². The smallest absolute Gasteiger partial charge is 0.287 e. The van der Waals surface area contributed by atoms with Gasteiger partial charge in [0.15, 0.2) is 0 Å². The van der Waals surface area contributed by atoms with Crippen LogP contribution in [-0.4, -0.2) is 38.8 Å². The van der Waals surface area contributed by atoms with Crippen molar-refractivity contribution in [3.63, 3.8) is 0 Å². The fraction of sp³-hybridized carbons (Fsp3) is 0.615. The summed E-state index contributed by atoms with van der Waals surface area (Å²) in [6, 6.07) is 1.54. The van der Waals surface area contributed by atoms with Crippen molar-refractivity contribution in [3.05, 3.63) is 28.1 Å². The minimum atomic E-state index is -0.488. The Morgan fingerprint density at radius 2 is 2.20 bits per heavy atom. The van der Waals surface area contributed by atoms with E-state index in [4.69, 9.17) is 11.6 Å².